The van der Waals surface area contributed by atoms with Gasteiger partial charge in [0.1, 0.15) is 0 Å². The zero-order valence-electron chi connectivity index (χ0n) is 11.2. The molecule has 1 atom stereocenters. The van der Waals surface area contributed by atoms with Crippen LogP contribution in [0.3, 0.4) is 0 Å². The summed E-state index contributed by atoms with van der Waals surface area (Å²) in [7, 11) is 0. The van der Waals surface area contributed by atoms with Crippen LogP contribution in [0.4, 0.5) is 0 Å². The minimum atomic E-state index is -0.692. The molecule has 4 heteroatoms. The Hall–Kier alpha value is -1.58. The molecule has 0 aromatic rings. The molecular formula is C14H22N2O2. The van der Waals surface area contributed by atoms with Crippen LogP contribution in [0.5, 0.6) is 0 Å². The van der Waals surface area contributed by atoms with Crippen molar-refractivity contribution in [3.8, 4) is 0 Å². The van der Waals surface area contributed by atoms with Crippen LogP contribution in [0, 0.1) is 5.41 Å². The first-order valence-corrected chi connectivity index (χ1v) is 6.52. The number of carbonyl (C=O) groups excluding carboxylic acids is 2. The maximum Gasteiger partial charge on any atom is 0.247 e. The molecule has 1 rings (SSSR count). The van der Waals surface area contributed by atoms with Crippen LogP contribution >= 0.6 is 0 Å². The van der Waals surface area contributed by atoms with Gasteiger partial charge in [-0.1, -0.05) is 38.5 Å². The van der Waals surface area contributed by atoms with E-state index < -0.39 is 5.41 Å². The Morgan fingerprint density at radius 3 is 2.67 bits per heavy atom. The van der Waals surface area contributed by atoms with Crippen molar-refractivity contribution in [2.75, 3.05) is 6.54 Å². The smallest absolute Gasteiger partial charge is 0.247 e. The van der Waals surface area contributed by atoms with Gasteiger partial charge in [-0.15, -0.1) is 0 Å². The average molecular weight is 250 g/mol. The summed E-state index contributed by atoms with van der Waals surface area (Å²) in [6, 6.07) is 0. The molecule has 2 amide bonds. The molecule has 1 unspecified atom stereocenters. The van der Waals surface area contributed by atoms with Crippen molar-refractivity contribution in [3.05, 3.63) is 23.8 Å². The van der Waals surface area contributed by atoms with E-state index in [1.165, 1.54) is 0 Å². The molecule has 0 saturated carbocycles. The van der Waals surface area contributed by atoms with Gasteiger partial charge in [0.2, 0.25) is 11.8 Å². The van der Waals surface area contributed by atoms with Gasteiger partial charge in [0.25, 0.3) is 0 Å². The van der Waals surface area contributed by atoms with Crippen molar-refractivity contribution < 1.29 is 9.59 Å². The molecule has 0 heterocycles. The minimum Gasteiger partial charge on any atom is -0.369 e. The summed E-state index contributed by atoms with van der Waals surface area (Å²) in [4.78, 5) is 23.6. The number of nitrogens with one attached hydrogen (secondary N) is 1. The second-order valence-corrected chi connectivity index (χ2v) is 4.75. The van der Waals surface area contributed by atoms with Crippen molar-refractivity contribution in [1.82, 2.24) is 5.32 Å². The standard InChI is InChI=1S/C14H22N2O2/c1-3-7-14(13(15)18)8-5-6-11(10-14)12(17)16-9-4-2/h5-6,8H,3-4,7,9-10H2,1-2H3,(H2,15,18)(H,16,17). The van der Waals surface area contributed by atoms with Gasteiger partial charge < -0.3 is 11.1 Å². The molecule has 100 valence electrons. The summed E-state index contributed by atoms with van der Waals surface area (Å²) in [5.41, 5.74) is 5.45. The predicted octanol–water partition coefficient (Wildman–Crippen LogP) is 1.67. The third kappa shape index (κ3) is 3.22. The van der Waals surface area contributed by atoms with E-state index in [0.29, 0.717) is 25.0 Å². The first-order valence-electron chi connectivity index (χ1n) is 6.52. The van der Waals surface area contributed by atoms with Crippen LogP contribution in [0.25, 0.3) is 0 Å². The fourth-order valence-corrected chi connectivity index (χ4v) is 2.22. The molecule has 3 N–H and O–H groups in total. The number of hydrogen-bond acceptors (Lipinski definition) is 2. The van der Waals surface area contributed by atoms with Gasteiger partial charge in [0, 0.05) is 12.1 Å². The highest BCUT2D eigenvalue weighted by atomic mass is 16.2. The zero-order chi connectivity index (χ0) is 13.6. The highest BCUT2D eigenvalue weighted by molar-refractivity contribution is 5.96. The van der Waals surface area contributed by atoms with Crippen LogP contribution in [0.1, 0.15) is 39.5 Å². The fraction of sp³-hybridized carbons (Fsp3) is 0.571. The van der Waals surface area contributed by atoms with Crippen LogP contribution in [0.2, 0.25) is 0 Å². The number of rotatable bonds is 6. The second-order valence-electron chi connectivity index (χ2n) is 4.75. The van der Waals surface area contributed by atoms with Crippen molar-refractivity contribution in [1.29, 1.82) is 0 Å². The number of amides is 2. The first kappa shape index (κ1) is 14.5. The minimum absolute atomic E-state index is 0.0945. The lowest BCUT2D eigenvalue weighted by Crippen LogP contribution is -2.39. The van der Waals surface area contributed by atoms with Crippen LogP contribution in [-0.4, -0.2) is 18.4 Å². The molecule has 18 heavy (non-hydrogen) atoms. The molecule has 0 aromatic carbocycles. The van der Waals surface area contributed by atoms with E-state index in [0.717, 1.165) is 12.8 Å². The highest BCUT2D eigenvalue weighted by Gasteiger charge is 2.36. The average Bonchev–Trinajstić information content (AvgIpc) is 2.36. The summed E-state index contributed by atoms with van der Waals surface area (Å²) >= 11 is 0. The monoisotopic (exact) mass is 250 g/mol. The van der Waals surface area contributed by atoms with Gasteiger partial charge in [0.05, 0.1) is 5.41 Å². The molecular weight excluding hydrogens is 228 g/mol. The molecule has 1 aliphatic rings. The quantitative estimate of drug-likeness (QED) is 0.752. The van der Waals surface area contributed by atoms with E-state index in [4.69, 9.17) is 5.73 Å². The molecule has 0 fully saturated rings. The fourth-order valence-electron chi connectivity index (χ4n) is 2.22. The highest BCUT2D eigenvalue weighted by Crippen LogP contribution is 2.36. The Balaban J connectivity index is 2.81. The van der Waals surface area contributed by atoms with Crippen LogP contribution in [-0.2, 0) is 9.59 Å². The molecule has 0 aliphatic heterocycles. The third-order valence-corrected chi connectivity index (χ3v) is 3.23. The number of allylic oxidation sites excluding steroid dienone is 2. The van der Waals surface area contributed by atoms with Crippen molar-refractivity contribution >= 4 is 11.8 Å². The summed E-state index contributed by atoms with van der Waals surface area (Å²) in [5.74, 6) is -0.447. The lowest BCUT2D eigenvalue weighted by atomic mass is 9.74. The van der Waals surface area contributed by atoms with Gasteiger partial charge in [-0.3, -0.25) is 9.59 Å². The number of hydrogen-bond donors (Lipinski definition) is 2. The van der Waals surface area contributed by atoms with E-state index in [2.05, 4.69) is 5.32 Å². The molecule has 0 saturated heterocycles. The normalized spacial score (nSPS) is 22.4. The van der Waals surface area contributed by atoms with E-state index in [9.17, 15) is 9.59 Å². The summed E-state index contributed by atoms with van der Waals surface area (Å²) in [6.07, 6.45) is 8.20. The molecule has 0 bridgehead atoms. The molecule has 0 radical (unpaired) electrons. The van der Waals surface area contributed by atoms with Gasteiger partial charge in [-0.05, 0) is 19.3 Å². The summed E-state index contributed by atoms with van der Waals surface area (Å²) < 4.78 is 0. The van der Waals surface area contributed by atoms with Gasteiger partial charge in [-0.2, -0.15) is 0 Å². The van der Waals surface area contributed by atoms with Gasteiger partial charge in [-0.25, -0.2) is 0 Å². The van der Waals surface area contributed by atoms with Crippen molar-refractivity contribution in [2.45, 2.75) is 39.5 Å². The van der Waals surface area contributed by atoms with E-state index in [1.807, 2.05) is 19.9 Å². The Morgan fingerprint density at radius 2 is 2.11 bits per heavy atom. The van der Waals surface area contributed by atoms with Gasteiger partial charge >= 0.3 is 0 Å². The summed E-state index contributed by atoms with van der Waals surface area (Å²) in [6.45, 7) is 4.66. The molecule has 1 aliphatic carbocycles. The Labute approximate surface area is 108 Å². The number of primary amides is 1. The van der Waals surface area contributed by atoms with Gasteiger partial charge in [0.15, 0.2) is 0 Å². The van der Waals surface area contributed by atoms with Crippen LogP contribution < -0.4 is 11.1 Å². The lowest BCUT2D eigenvalue weighted by Gasteiger charge is -2.30. The van der Waals surface area contributed by atoms with Crippen molar-refractivity contribution in [3.63, 3.8) is 0 Å². The maximum atomic E-state index is 11.9. The third-order valence-electron chi connectivity index (χ3n) is 3.23. The second kappa shape index (κ2) is 6.38. The largest absolute Gasteiger partial charge is 0.369 e. The maximum absolute atomic E-state index is 11.9. The topological polar surface area (TPSA) is 72.2 Å². The molecule has 4 nitrogen and oxygen atoms in total. The van der Waals surface area contributed by atoms with E-state index in [1.54, 1.807) is 12.2 Å². The summed E-state index contributed by atoms with van der Waals surface area (Å²) in [5, 5.41) is 2.83. The SMILES string of the molecule is CCCNC(=O)C1=CC=CC(CCC)(C(N)=O)C1. The molecule has 0 aromatic heterocycles. The van der Waals surface area contributed by atoms with Crippen molar-refractivity contribution in [2.24, 2.45) is 11.1 Å². The van der Waals surface area contributed by atoms with Crippen LogP contribution in [0.15, 0.2) is 23.8 Å². The zero-order valence-corrected chi connectivity index (χ0v) is 11.2. The first-order chi connectivity index (χ1) is 8.55. The lowest BCUT2D eigenvalue weighted by molar-refractivity contribution is -0.125. The Morgan fingerprint density at radius 1 is 1.39 bits per heavy atom. The Bertz CT molecular complexity index is 385. The van der Waals surface area contributed by atoms with E-state index >= 15 is 0 Å². The Kier molecular flexibility index (Phi) is 5.13. The number of nitrogens with two attached hydrogens (primary N) is 1. The molecule has 0 spiro atoms. The number of carbonyl (C=O) groups is 2. The predicted molar refractivity (Wildman–Crippen MR) is 71.7 cm³/mol. The van der Waals surface area contributed by atoms with E-state index in [-0.39, 0.29) is 11.8 Å².